The third-order valence-corrected chi connectivity index (χ3v) is 3.25. The van der Waals surface area contributed by atoms with Gasteiger partial charge in [-0.1, -0.05) is 0 Å². The topological polar surface area (TPSA) is 69.0 Å². The lowest BCUT2D eigenvalue weighted by Crippen LogP contribution is -2.35. The second kappa shape index (κ2) is 7.85. The normalized spacial score (nSPS) is 11.6. The van der Waals surface area contributed by atoms with Crippen LogP contribution in [0.25, 0.3) is 0 Å². The number of pyridine rings is 1. The molecule has 1 heterocycles. The maximum atomic E-state index is 12.6. The molecule has 0 saturated heterocycles. The van der Waals surface area contributed by atoms with E-state index in [1.165, 1.54) is 0 Å². The highest BCUT2D eigenvalue weighted by Gasteiger charge is 2.20. The van der Waals surface area contributed by atoms with Crippen LogP contribution < -0.4 is 5.32 Å². The molecule has 1 unspecified atom stereocenters. The number of nitriles is 1. The van der Waals surface area contributed by atoms with Crippen molar-refractivity contribution in [1.29, 1.82) is 5.26 Å². The Morgan fingerprint density at radius 2 is 2.30 bits per heavy atom. The monoisotopic (exact) mass is 338 g/mol. The summed E-state index contributed by atoms with van der Waals surface area (Å²) in [5, 5.41) is 12.0. The minimum Gasteiger partial charge on any atom is -0.370 e. The van der Waals surface area contributed by atoms with Gasteiger partial charge >= 0.3 is 0 Å². The minimum absolute atomic E-state index is 0.112. The molecule has 1 rings (SSSR count). The fraction of sp³-hybridized carbons (Fsp3) is 0.500. The summed E-state index contributed by atoms with van der Waals surface area (Å²) in [6.07, 6.45) is 1.66. The number of hydrogen-bond acceptors (Lipinski definition) is 4. The summed E-state index contributed by atoms with van der Waals surface area (Å²) in [6, 6.07) is 3.91. The summed E-state index contributed by atoms with van der Waals surface area (Å²) in [7, 11) is 0. The predicted octanol–water partition coefficient (Wildman–Crippen LogP) is 2.90. The summed E-state index contributed by atoms with van der Waals surface area (Å²) in [6.45, 7) is 7.33. The number of anilines is 1. The number of carbonyl (C=O) groups is 1. The van der Waals surface area contributed by atoms with E-state index < -0.39 is 0 Å². The highest BCUT2D eigenvalue weighted by Crippen LogP contribution is 2.20. The van der Waals surface area contributed by atoms with Gasteiger partial charge in [0, 0.05) is 30.3 Å². The second-order valence-electron chi connectivity index (χ2n) is 4.45. The second-order valence-corrected chi connectivity index (χ2v) is 5.37. The fourth-order valence-electron chi connectivity index (χ4n) is 1.81. The van der Waals surface area contributed by atoms with Gasteiger partial charge in [0.05, 0.1) is 17.6 Å². The molecule has 0 radical (unpaired) electrons. The summed E-state index contributed by atoms with van der Waals surface area (Å²) >= 11 is 3.34. The quantitative estimate of drug-likeness (QED) is 0.865. The molecule has 0 spiro atoms. The molecule has 1 amide bonds. The van der Waals surface area contributed by atoms with Crippen molar-refractivity contribution in [1.82, 2.24) is 9.88 Å². The Hall–Kier alpha value is -1.61. The maximum Gasteiger partial charge on any atom is 0.257 e. The average Bonchev–Trinajstić information content (AvgIpc) is 2.45. The van der Waals surface area contributed by atoms with Crippen molar-refractivity contribution in [2.24, 2.45) is 5.92 Å². The van der Waals surface area contributed by atoms with Gasteiger partial charge < -0.3 is 10.2 Å². The molecular formula is C14H19BrN4O. The van der Waals surface area contributed by atoms with Crippen LogP contribution in [0, 0.1) is 17.2 Å². The standard InChI is InChI=1S/C14H19BrN4O/c1-4-17-13-12(6-11(15)8-18-13)14(20)19(5-2)9-10(3)7-16/h6,8,10H,4-5,9H2,1-3H3,(H,17,18). The molecule has 108 valence electrons. The molecule has 0 bridgehead atoms. The molecule has 1 N–H and O–H groups in total. The van der Waals surface area contributed by atoms with E-state index in [1.54, 1.807) is 24.1 Å². The van der Waals surface area contributed by atoms with E-state index in [4.69, 9.17) is 5.26 Å². The maximum absolute atomic E-state index is 12.6. The van der Waals surface area contributed by atoms with E-state index >= 15 is 0 Å². The summed E-state index contributed by atoms with van der Waals surface area (Å²) in [4.78, 5) is 18.5. The van der Waals surface area contributed by atoms with Crippen LogP contribution in [-0.4, -0.2) is 35.4 Å². The van der Waals surface area contributed by atoms with E-state index in [1.807, 2.05) is 13.8 Å². The number of halogens is 1. The van der Waals surface area contributed by atoms with E-state index in [9.17, 15) is 4.79 Å². The van der Waals surface area contributed by atoms with Crippen LogP contribution in [0.4, 0.5) is 5.82 Å². The van der Waals surface area contributed by atoms with E-state index in [0.717, 1.165) is 4.47 Å². The third-order valence-electron chi connectivity index (χ3n) is 2.81. The van der Waals surface area contributed by atoms with Gasteiger partial charge in [-0.25, -0.2) is 4.98 Å². The van der Waals surface area contributed by atoms with Crippen molar-refractivity contribution in [3.8, 4) is 6.07 Å². The zero-order valence-electron chi connectivity index (χ0n) is 12.0. The number of amides is 1. The molecule has 0 aliphatic heterocycles. The molecule has 1 aromatic rings. The number of nitrogens with zero attached hydrogens (tertiary/aromatic N) is 3. The largest absolute Gasteiger partial charge is 0.370 e. The molecule has 20 heavy (non-hydrogen) atoms. The number of nitrogens with one attached hydrogen (secondary N) is 1. The fourth-order valence-corrected chi connectivity index (χ4v) is 2.14. The van der Waals surface area contributed by atoms with Crippen LogP contribution in [0.1, 0.15) is 31.1 Å². The van der Waals surface area contributed by atoms with Crippen molar-refractivity contribution in [2.75, 3.05) is 25.0 Å². The molecule has 0 fully saturated rings. The Balaban J connectivity index is 3.05. The number of aromatic nitrogens is 1. The van der Waals surface area contributed by atoms with Gasteiger partial charge in [-0.15, -0.1) is 0 Å². The van der Waals surface area contributed by atoms with Gasteiger partial charge in [0.2, 0.25) is 0 Å². The molecule has 0 saturated carbocycles. The first-order chi connectivity index (χ1) is 9.53. The zero-order valence-corrected chi connectivity index (χ0v) is 13.6. The molecule has 0 aliphatic rings. The molecule has 5 nitrogen and oxygen atoms in total. The number of hydrogen-bond donors (Lipinski definition) is 1. The zero-order chi connectivity index (χ0) is 15.1. The first-order valence-corrected chi connectivity index (χ1v) is 7.41. The molecular weight excluding hydrogens is 320 g/mol. The molecule has 1 aromatic heterocycles. The van der Waals surface area contributed by atoms with Gasteiger partial charge in [-0.2, -0.15) is 5.26 Å². The third kappa shape index (κ3) is 4.20. The Bertz CT molecular complexity index is 512. The van der Waals surface area contributed by atoms with Crippen LogP contribution in [0.15, 0.2) is 16.7 Å². The number of rotatable bonds is 6. The molecule has 0 aliphatic carbocycles. The van der Waals surface area contributed by atoms with Crippen molar-refractivity contribution < 1.29 is 4.79 Å². The summed E-state index contributed by atoms with van der Waals surface area (Å²) in [5.74, 6) is 0.268. The van der Waals surface area contributed by atoms with Gasteiger partial charge in [-0.3, -0.25) is 4.79 Å². The van der Waals surface area contributed by atoms with Crippen LogP contribution in [0.5, 0.6) is 0 Å². The Morgan fingerprint density at radius 1 is 1.60 bits per heavy atom. The molecule has 6 heteroatoms. The Morgan fingerprint density at radius 3 is 2.85 bits per heavy atom. The molecule has 0 aromatic carbocycles. The van der Waals surface area contributed by atoms with Crippen LogP contribution >= 0.6 is 15.9 Å². The van der Waals surface area contributed by atoms with Crippen molar-refractivity contribution in [3.63, 3.8) is 0 Å². The average molecular weight is 339 g/mol. The summed E-state index contributed by atoms with van der Waals surface area (Å²) in [5.41, 5.74) is 0.521. The van der Waals surface area contributed by atoms with Crippen molar-refractivity contribution in [3.05, 3.63) is 22.3 Å². The first-order valence-electron chi connectivity index (χ1n) is 6.61. The molecule has 1 atom stereocenters. The van der Waals surface area contributed by atoms with Crippen LogP contribution in [0.2, 0.25) is 0 Å². The van der Waals surface area contributed by atoms with E-state index in [2.05, 4.69) is 32.3 Å². The highest BCUT2D eigenvalue weighted by molar-refractivity contribution is 9.10. The van der Waals surface area contributed by atoms with Gasteiger partial charge in [-0.05, 0) is 42.8 Å². The van der Waals surface area contributed by atoms with Crippen molar-refractivity contribution in [2.45, 2.75) is 20.8 Å². The lowest BCUT2D eigenvalue weighted by molar-refractivity contribution is 0.0753. The smallest absolute Gasteiger partial charge is 0.257 e. The summed E-state index contributed by atoms with van der Waals surface area (Å²) < 4.78 is 0.756. The van der Waals surface area contributed by atoms with Crippen LogP contribution in [0.3, 0.4) is 0 Å². The lowest BCUT2D eigenvalue weighted by atomic mass is 10.1. The Kier molecular flexibility index (Phi) is 6.46. The van der Waals surface area contributed by atoms with Gasteiger partial charge in [0.15, 0.2) is 0 Å². The predicted molar refractivity (Wildman–Crippen MR) is 82.5 cm³/mol. The van der Waals surface area contributed by atoms with Gasteiger partial charge in [0.25, 0.3) is 5.91 Å². The lowest BCUT2D eigenvalue weighted by Gasteiger charge is -2.23. The number of carbonyl (C=O) groups excluding carboxylic acids is 1. The van der Waals surface area contributed by atoms with E-state index in [-0.39, 0.29) is 11.8 Å². The minimum atomic E-state index is -0.193. The SMILES string of the molecule is CCNc1ncc(Br)cc1C(=O)N(CC)CC(C)C#N. The van der Waals surface area contributed by atoms with E-state index in [0.29, 0.717) is 31.0 Å². The highest BCUT2D eigenvalue weighted by atomic mass is 79.9. The van der Waals surface area contributed by atoms with Gasteiger partial charge in [0.1, 0.15) is 5.82 Å². The Labute approximate surface area is 128 Å². The van der Waals surface area contributed by atoms with Crippen LogP contribution in [-0.2, 0) is 0 Å². The van der Waals surface area contributed by atoms with Crippen molar-refractivity contribution >= 4 is 27.7 Å². The first kappa shape index (κ1) is 16.4.